The number of carbonyl (C=O) groups is 2. The summed E-state index contributed by atoms with van der Waals surface area (Å²) in [4.78, 5) is 24.0. The van der Waals surface area contributed by atoms with Crippen LogP contribution in [0.2, 0.25) is 0 Å². The molecular weight excluding hydrogens is 320 g/mol. The number of ether oxygens (including phenoxy) is 2. The van der Waals surface area contributed by atoms with Gasteiger partial charge >= 0.3 is 0 Å². The Kier molecular flexibility index (Phi) is 4.61. The van der Waals surface area contributed by atoms with E-state index >= 15 is 0 Å². The number of carbonyl (C=O) groups excluding carboxylic acids is 2. The highest BCUT2D eigenvalue weighted by Gasteiger charge is 2.23. The van der Waals surface area contributed by atoms with E-state index in [0.717, 1.165) is 0 Å². The summed E-state index contributed by atoms with van der Waals surface area (Å²) < 4.78 is 11.1. The topological polar surface area (TPSA) is 76.7 Å². The molecule has 0 spiro atoms. The summed E-state index contributed by atoms with van der Waals surface area (Å²) in [5, 5.41) is 5.56. The second kappa shape index (κ2) is 6.84. The Morgan fingerprint density at radius 1 is 1.20 bits per heavy atom. The van der Waals surface area contributed by atoms with Crippen molar-refractivity contribution in [1.82, 2.24) is 0 Å². The molecule has 25 heavy (non-hydrogen) atoms. The van der Waals surface area contributed by atoms with Gasteiger partial charge in [-0.15, -0.1) is 0 Å². The Bertz CT molecular complexity index is 800. The number of hydrogen-bond donors (Lipinski definition) is 2. The molecule has 3 rings (SSSR count). The highest BCUT2D eigenvalue weighted by molar-refractivity contribution is 6.05. The van der Waals surface area contributed by atoms with Gasteiger partial charge in [-0.2, -0.15) is 0 Å². The minimum absolute atomic E-state index is 0.0790. The maximum absolute atomic E-state index is 12.4. The SMILES string of the molecule is CC(C)Oc1ccc(C(=O)Nc2ccc3c(c2)NC(=O)C(C)O3)cc1. The van der Waals surface area contributed by atoms with Gasteiger partial charge in [0, 0.05) is 11.3 Å². The van der Waals surface area contributed by atoms with E-state index in [4.69, 9.17) is 9.47 Å². The molecule has 1 aliphatic rings. The molecule has 1 unspecified atom stereocenters. The van der Waals surface area contributed by atoms with E-state index in [0.29, 0.717) is 28.4 Å². The van der Waals surface area contributed by atoms with E-state index in [-0.39, 0.29) is 17.9 Å². The number of nitrogens with one attached hydrogen (secondary N) is 2. The molecule has 0 fully saturated rings. The average Bonchev–Trinajstić information content (AvgIpc) is 2.56. The minimum Gasteiger partial charge on any atom is -0.491 e. The quantitative estimate of drug-likeness (QED) is 0.894. The molecule has 1 aliphatic heterocycles. The van der Waals surface area contributed by atoms with Crippen LogP contribution in [0.1, 0.15) is 31.1 Å². The standard InChI is InChI=1S/C19H20N2O4/c1-11(2)24-15-7-4-13(5-8-15)19(23)20-14-6-9-17-16(10-14)21-18(22)12(3)25-17/h4-12H,1-3H3,(H,20,23)(H,21,22). The van der Waals surface area contributed by atoms with E-state index < -0.39 is 6.10 Å². The first-order valence-electron chi connectivity index (χ1n) is 8.12. The Hall–Kier alpha value is -3.02. The summed E-state index contributed by atoms with van der Waals surface area (Å²) in [6, 6.07) is 12.1. The molecule has 0 bridgehead atoms. The summed E-state index contributed by atoms with van der Waals surface area (Å²) in [6.45, 7) is 5.57. The van der Waals surface area contributed by atoms with Crippen molar-refractivity contribution in [2.45, 2.75) is 33.0 Å². The van der Waals surface area contributed by atoms with Crippen LogP contribution in [0.5, 0.6) is 11.5 Å². The second-order valence-corrected chi connectivity index (χ2v) is 6.11. The Labute approximate surface area is 146 Å². The molecule has 0 saturated heterocycles. The van der Waals surface area contributed by atoms with Crippen LogP contribution < -0.4 is 20.1 Å². The van der Waals surface area contributed by atoms with Crippen molar-refractivity contribution in [1.29, 1.82) is 0 Å². The predicted molar refractivity (Wildman–Crippen MR) is 95.3 cm³/mol. The fourth-order valence-corrected chi connectivity index (χ4v) is 2.45. The van der Waals surface area contributed by atoms with Crippen molar-refractivity contribution >= 4 is 23.2 Å². The van der Waals surface area contributed by atoms with Crippen LogP contribution in [-0.4, -0.2) is 24.0 Å². The van der Waals surface area contributed by atoms with Gasteiger partial charge in [0.2, 0.25) is 0 Å². The van der Waals surface area contributed by atoms with Crippen LogP contribution in [-0.2, 0) is 4.79 Å². The van der Waals surface area contributed by atoms with Crippen molar-refractivity contribution < 1.29 is 19.1 Å². The summed E-state index contributed by atoms with van der Waals surface area (Å²) in [7, 11) is 0. The number of benzene rings is 2. The third kappa shape index (κ3) is 3.91. The van der Waals surface area contributed by atoms with Crippen LogP contribution in [0.3, 0.4) is 0 Å². The molecule has 0 radical (unpaired) electrons. The molecule has 0 saturated carbocycles. The second-order valence-electron chi connectivity index (χ2n) is 6.11. The molecule has 0 aromatic heterocycles. The first-order chi connectivity index (χ1) is 11.9. The van der Waals surface area contributed by atoms with Gasteiger partial charge in [-0.05, 0) is 63.2 Å². The molecule has 2 aromatic carbocycles. The van der Waals surface area contributed by atoms with Crippen LogP contribution in [0.15, 0.2) is 42.5 Å². The molecular formula is C19H20N2O4. The molecule has 1 atom stereocenters. The maximum Gasteiger partial charge on any atom is 0.265 e. The highest BCUT2D eigenvalue weighted by atomic mass is 16.5. The van der Waals surface area contributed by atoms with Crippen LogP contribution in [0.4, 0.5) is 11.4 Å². The van der Waals surface area contributed by atoms with E-state index in [1.54, 1.807) is 49.4 Å². The van der Waals surface area contributed by atoms with Crippen LogP contribution >= 0.6 is 0 Å². The number of rotatable bonds is 4. The highest BCUT2D eigenvalue weighted by Crippen LogP contribution is 2.32. The number of amides is 2. The molecule has 2 N–H and O–H groups in total. The molecule has 1 heterocycles. The summed E-state index contributed by atoms with van der Waals surface area (Å²) in [6.07, 6.45) is -0.449. The van der Waals surface area contributed by atoms with Crippen molar-refractivity contribution in [3.05, 3.63) is 48.0 Å². The molecule has 6 heteroatoms. The van der Waals surface area contributed by atoms with Gasteiger partial charge in [-0.3, -0.25) is 9.59 Å². The van der Waals surface area contributed by atoms with Crippen LogP contribution in [0.25, 0.3) is 0 Å². The smallest absolute Gasteiger partial charge is 0.265 e. The van der Waals surface area contributed by atoms with E-state index in [9.17, 15) is 9.59 Å². The monoisotopic (exact) mass is 340 g/mol. The normalized spacial score (nSPS) is 15.8. The third-order valence-electron chi connectivity index (χ3n) is 3.66. The van der Waals surface area contributed by atoms with Crippen molar-refractivity contribution in [3.8, 4) is 11.5 Å². The zero-order valence-corrected chi connectivity index (χ0v) is 14.3. The summed E-state index contributed by atoms with van der Waals surface area (Å²) in [5.41, 5.74) is 1.63. The molecule has 6 nitrogen and oxygen atoms in total. The van der Waals surface area contributed by atoms with Gasteiger partial charge in [-0.25, -0.2) is 0 Å². The van der Waals surface area contributed by atoms with Gasteiger partial charge in [0.25, 0.3) is 11.8 Å². The number of anilines is 2. The Morgan fingerprint density at radius 3 is 2.60 bits per heavy atom. The zero-order chi connectivity index (χ0) is 18.0. The lowest BCUT2D eigenvalue weighted by atomic mass is 10.1. The van der Waals surface area contributed by atoms with Crippen molar-refractivity contribution in [2.75, 3.05) is 10.6 Å². The van der Waals surface area contributed by atoms with Gasteiger partial charge in [0.1, 0.15) is 11.5 Å². The summed E-state index contributed by atoms with van der Waals surface area (Å²) >= 11 is 0. The zero-order valence-electron chi connectivity index (χ0n) is 14.3. The lowest BCUT2D eigenvalue weighted by Crippen LogP contribution is -2.34. The lowest BCUT2D eigenvalue weighted by Gasteiger charge is -2.23. The summed E-state index contributed by atoms with van der Waals surface area (Å²) in [5.74, 6) is 0.846. The first kappa shape index (κ1) is 16.8. The lowest BCUT2D eigenvalue weighted by molar-refractivity contribution is -0.122. The fraction of sp³-hybridized carbons (Fsp3) is 0.263. The van der Waals surface area contributed by atoms with Crippen molar-refractivity contribution in [3.63, 3.8) is 0 Å². The molecule has 130 valence electrons. The van der Waals surface area contributed by atoms with Gasteiger partial charge in [0.15, 0.2) is 6.10 Å². The van der Waals surface area contributed by atoms with Gasteiger partial charge < -0.3 is 20.1 Å². The van der Waals surface area contributed by atoms with Crippen LogP contribution in [0, 0.1) is 0 Å². The average molecular weight is 340 g/mol. The Balaban J connectivity index is 1.71. The van der Waals surface area contributed by atoms with E-state index in [1.165, 1.54) is 0 Å². The minimum atomic E-state index is -0.528. The number of hydrogen-bond acceptors (Lipinski definition) is 4. The van der Waals surface area contributed by atoms with Crippen molar-refractivity contribution in [2.24, 2.45) is 0 Å². The molecule has 2 amide bonds. The van der Waals surface area contributed by atoms with Gasteiger partial charge in [0.05, 0.1) is 11.8 Å². The van der Waals surface area contributed by atoms with E-state index in [2.05, 4.69) is 10.6 Å². The maximum atomic E-state index is 12.4. The van der Waals surface area contributed by atoms with E-state index in [1.807, 2.05) is 13.8 Å². The fourth-order valence-electron chi connectivity index (χ4n) is 2.45. The Morgan fingerprint density at radius 2 is 1.92 bits per heavy atom. The first-order valence-corrected chi connectivity index (χ1v) is 8.12. The third-order valence-corrected chi connectivity index (χ3v) is 3.66. The number of fused-ring (bicyclic) bond motifs is 1. The predicted octanol–water partition coefficient (Wildman–Crippen LogP) is 3.45. The molecule has 0 aliphatic carbocycles. The molecule has 2 aromatic rings. The largest absolute Gasteiger partial charge is 0.491 e. The van der Waals surface area contributed by atoms with Gasteiger partial charge in [-0.1, -0.05) is 0 Å².